The molecule has 0 amide bonds. The average Bonchev–Trinajstić information content (AvgIpc) is 3.18. The number of sulfonamides is 1. The van der Waals surface area contributed by atoms with E-state index in [9.17, 15) is 12.8 Å². The molecule has 1 fully saturated rings. The fourth-order valence-electron chi connectivity index (χ4n) is 3.81. The van der Waals surface area contributed by atoms with Crippen molar-refractivity contribution in [2.75, 3.05) is 13.1 Å². The minimum absolute atomic E-state index is 0.0397. The lowest BCUT2D eigenvalue weighted by molar-refractivity contribution is 0.452. The molecule has 3 aromatic rings. The molecule has 1 unspecified atom stereocenters. The summed E-state index contributed by atoms with van der Waals surface area (Å²) in [6.07, 6.45) is 0.723. The Labute approximate surface area is 152 Å². The number of halogens is 1. The van der Waals surface area contributed by atoms with E-state index in [1.807, 2.05) is 31.2 Å². The lowest BCUT2D eigenvalue weighted by atomic mass is 10.2. The first kappa shape index (κ1) is 17.2. The van der Waals surface area contributed by atoms with Crippen LogP contribution in [0.5, 0.6) is 0 Å². The molecular weight excluding hydrogens is 353 g/mol. The van der Waals surface area contributed by atoms with E-state index in [0.717, 1.165) is 23.3 Å². The Bertz CT molecular complexity index is 1090. The molecule has 2 heterocycles. The van der Waals surface area contributed by atoms with Crippen LogP contribution in [0.25, 0.3) is 11.0 Å². The zero-order valence-electron chi connectivity index (χ0n) is 14.7. The van der Waals surface area contributed by atoms with Crippen LogP contribution >= 0.6 is 0 Å². The van der Waals surface area contributed by atoms with E-state index in [2.05, 4.69) is 9.55 Å². The monoisotopic (exact) mass is 373 g/mol. The molecule has 0 N–H and O–H groups in total. The maximum absolute atomic E-state index is 13.3. The van der Waals surface area contributed by atoms with Gasteiger partial charge in [-0.3, -0.25) is 0 Å². The molecule has 0 aliphatic carbocycles. The van der Waals surface area contributed by atoms with E-state index in [0.29, 0.717) is 18.7 Å². The zero-order chi connectivity index (χ0) is 18.5. The van der Waals surface area contributed by atoms with Crippen molar-refractivity contribution in [2.45, 2.75) is 31.2 Å². The lowest BCUT2D eigenvalue weighted by Crippen LogP contribution is -2.30. The third-order valence-corrected chi connectivity index (χ3v) is 7.04. The number of rotatable bonds is 3. The van der Waals surface area contributed by atoms with Gasteiger partial charge in [-0.1, -0.05) is 12.1 Å². The predicted octanol–water partition coefficient (Wildman–Crippen LogP) is 3.43. The highest BCUT2D eigenvalue weighted by Gasteiger charge is 2.35. The zero-order valence-corrected chi connectivity index (χ0v) is 15.5. The predicted molar refractivity (Wildman–Crippen MR) is 98.0 cm³/mol. The number of aromatic nitrogens is 2. The van der Waals surface area contributed by atoms with Crippen LogP contribution in [-0.2, 0) is 10.0 Å². The molecule has 5 nitrogen and oxygen atoms in total. The first-order valence-corrected chi connectivity index (χ1v) is 10.0. The van der Waals surface area contributed by atoms with Gasteiger partial charge in [0.1, 0.15) is 11.6 Å². The second-order valence-corrected chi connectivity index (χ2v) is 8.64. The largest absolute Gasteiger partial charge is 0.324 e. The number of aryl methyl sites for hydroxylation is 2. The quantitative estimate of drug-likeness (QED) is 0.707. The summed E-state index contributed by atoms with van der Waals surface area (Å²) in [6.45, 7) is 4.40. The van der Waals surface area contributed by atoms with Crippen LogP contribution in [0.2, 0.25) is 0 Å². The molecule has 4 rings (SSSR count). The molecular formula is C19H20FN3O2S. The summed E-state index contributed by atoms with van der Waals surface area (Å²) in [5.74, 6) is 0.453. The smallest absolute Gasteiger partial charge is 0.243 e. The third kappa shape index (κ3) is 2.71. The van der Waals surface area contributed by atoms with E-state index in [-0.39, 0.29) is 10.9 Å². The van der Waals surface area contributed by atoms with Crippen molar-refractivity contribution in [1.29, 1.82) is 0 Å². The van der Waals surface area contributed by atoms with E-state index in [1.165, 1.54) is 22.5 Å². The van der Waals surface area contributed by atoms with Gasteiger partial charge in [0.15, 0.2) is 0 Å². The maximum atomic E-state index is 13.3. The van der Waals surface area contributed by atoms with Crippen molar-refractivity contribution in [1.82, 2.24) is 13.9 Å². The number of benzene rings is 2. The van der Waals surface area contributed by atoms with Gasteiger partial charge in [0.05, 0.1) is 22.0 Å². The number of fused-ring (bicyclic) bond motifs is 1. The van der Waals surface area contributed by atoms with Gasteiger partial charge in [0, 0.05) is 13.1 Å². The van der Waals surface area contributed by atoms with Crippen molar-refractivity contribution in [3.05, 3.63) is 59.7 Å². The van der Waals surface area contributed by atoms with Crippen molar-refractivity contribution in [3.63, 3.8) is 0 Å². The van der Waals surface area contributed by atoms with E-state index >= 15 is 0 Å². The second kappa shape index (κ2) is 6.17. The Morgan fingerprint density at radius 2 is 1.92 bits per heavy atom. The summed E-state index contributed by atoms with van der Waals surface area (Å²) in [5.41, 5.74) is 2.37. The molecule has 1 aliphatic heterocycles. The summed E-state index contributed by atoms with van der Waals surface area (Å²) in [5, 5.41) is 0. The van der Waals surface area contributed by atoms with Crippen LogP contribution in [0.3, 0.4) is 0 Å². The lowest BCUT2D eigenvalue weighted by Gasteiger charge is -2.19. The number of imidazole rings is 1. The SMILES string of the molecule is Cc1cc(F)ccc1S(=O)(=O)N1CCC(n2c(C)nc3ccccc32)C1. The van der Waals surface area contributed by atoms with Crippen molar-refractivity contribution in [2.24, 2.45) is 0 Å². The van der Waals surface area contributed by atoms with Crippen LogP contribution in [0, 0.1) is 19.7 Å². The minimum atomic E-state index is -3.64. The molecule has 26 heavy (non-hydrogen) atoms. The van der Waals surface area contributed by atoms with Crippen LogP contribution in [-0.4, -0.2) is 35.4 Å². The summed E-state index contributed by atoms with van der Waals surface area (Å²) in [4.78, 5) is 4.75. The summed E-state index contributed by atoms with van der Waals surface area (Å²) in [7, 11) is -3.64. The summed E-state index contributed by atoms with van der Waals surface area (Å²) < 4.78 is 43.0. The Morgan fingerprint density at radius 1 is 1.15 bits per heavy atom. The fraction of sp³-hybridized carbons (Fsp3) is 0.316. The van der Waals surface area contributed by atoms with Gasteiger partial charge in [-0.05, 0) is 56.2 Å². The van der Waals surface area contributed by atoms with E-state index < -0.39 is 15.8 Å². The number of hydrogen-bond acceptors (Lipinski definition) is 3. The normalized spacial score (nSPS) is 18.7. The van der Waals surface area contributed by atoms with Crippen LogP contribution in [0.15, 0.2) is 47.4 Å². The molecule has 1 aliphatic rings. The maximum Gasteiger partial charge on any atom is 0.243 e. The van der Waals surface area contributed by atoms with Crippen LogP contribution < -0.4 is 0 Å². The molecule has 0 radical (unpaired) electrons. The van der Waals surface area contributed by atoms with Crippen molar-refractivity contribution in [3.8, 4) is 0 Å². The average molecular weight is 373 g/mol. The Balaban J connectivity index is 1.67. The van der Waals surface area contributed by atoms with Gasteiger partial charge in [-0.15, -0.1) is 0 Å². The number of hydrogen-bond donors (Lipinski definition) is 0. The molecule has 0 spiro atoms. The first-order chi connectivity index (χ1) is 12.4. The fourth-order valence-corrected chi connectivity index (χ4v) is 5.50. The third-order valence-electron chi connectivity index (χ3n) is 5.02. The Hall–Kier alpha value is -2.25. The molecule has 1 atom stereocenters. The van der Waals surface area contributed by atoms with Crippen molar-refractivity contribution >= 4 is 21.1 Å². The molecule has 1 saturated heterocycles. The summed E-state index contributed by atoms with van der Waals surface area (Å²) in [6, 6.07) is 11.7. The standard InChI is InChI=1S/C19H20FN3O2S/c1-13-11-15(20)7-8-19(13)26(24,25)22-10-9-16(12-22)23-14(2)21-17-5-3-4-6-18(17)23/h3-8,11,16H,9-10,12H2,1-2H3. The number of para-hydroxylation sites is 2. The minimum Gasteiger partial charge on any atom is -0.324 e. The molecule has 1 aromatic heterocycles. The topological polar surface area (TPSA) is 55.2 Å². The highest BCUT2D eigenvalue weighted by Crippen LogP contribution is 2.32. The highest BCUT2D eigenvalue weighted by molar-refractivity contribution is 7.89. The highest BCUT2D eigenvalue weighted by atomic mass is 32.2. The second-order valence-electron chi connectivity index (χ2n) is 6.73. The first-order valence-electron chi connectivity index (χ1n) is 8.58. The van der Waals surface area contributed by atoms with E-state index in [1.54, 1.807) is 6.92 Å². The Kier molecular flexibility index (Phi) is 4.08. The van der Waals surface area contributed by atoms with Gasteiger partial charge < -0.3 is 4.57 Å². The van der Waals surface area contributed by atoms with Crippen molar-refractivity contribution < 1.29 is 12.8 Å². The van der Waals surface area contributed by atoms with Gasteiger partial charge in [-0.25, -0.2) is 17.8 Å². The van der Waals surface area contributed by atoms with Gasteiger partial charge in [0.2, 0.25) is 10.0 Å². The van der Waals surface area contributed by atoms with Gasteiger partial charge >= 0.3 is 0 Å². The summed E-state index contributed by atoms with van der Waals surface area (Å²) >= 11 is 0. The molecule has 0 saturated carbocycles. The van der Waals surface area contributed by atoms with Crippen LogP contribution in [0.1, 0.15) is 23.9 Å². The molecule has 2 aromatic carbocycles. The molecule has 7 heteroatoms. The number of nitrogens with zero attached hydrogens (tertiary/aromatic N) is 3. The van der Waals surface area contributed by atoms with Gasteiger partial charge in [0.25, 0.3) is 0 Å². The van der Waals surface area contributed by atoms with E-state index in [4.69, 9.17) is 0 Å². The molecule has 0 bridgehead atoms. The molecule has 136 valence electrons. The van der Waals surface area contributed by atoms with Gasteiger partial charge in [-0.2, -0.15) is 4.31 Å². The van der Waals surface area contributed by atoms with Crippen LogP contribution in [0.4, 0.5) is 4.39 Å². The Morgan fingerprint density at radius 3 is 2.69 bits per heavy atom.